The van der Waals surface area contributed by atoms with Gasteiger partial charge in [0, 0.05) is 36.3 Å². The highest BCUT2D eigenvalue weighted by molar-refractivity contribution is 7.89. The fourth-order valence-electron chi connectivity index (χ4n) is 3.89. The second kappa shape index (κ2) is 8.97. The number of rotatable bonds is 7. The predicted molar refractivity (Wildman–Crippen MR) is 131 cm³/mol. The fraction of sp³-hybridized carbons (Fsp3) is 0.182. The van der Waals surface area contributed by atoms with Crippen LogP contribution >= 0.6 is 11.3 Å². The van der Waals surface area contributed by atoms with Crippen molar-refractivity contribution in [1.29, 1.82) is 0 Å². The Kier molecular flexibility index (Phi) is 5.86. The van der Waals surface area contributed by atoms with Crippen LogP contribution in [0.15, 0.2) is 70.1 Å². The smallest absolute Gasteiger partial charge is 0.289 e. The molecule has 1 saturated heterocycles. The summed E-state index contributed by atoms with van der Waals surface area (Å²) in [7, 11) is -3.77. The molecule has 0 bridgehead atoms. The summed E-state index contributed by atoms with van der Waals surface area (Å²) in [6.07, 6.45) is 4.99. The molecule has 4 aromatic rings. The SMILES string of the molecule is O=[N+]([O-])c1cc(S(=O)(=O)N2CCCC2)ccc1N/N=C\c1c(-c2ccccc2)nc2sccn12. The number of hydrogen-bond donors (Lipinski definition) is 1. The minimum atomic E-state index is -3.77. The van der Waals surface area contributed by atoms with Crippen molar-refractivity contribution in [3.63, 3.8) is 0 Å². The first kappa shape index (κ1) is 22.2. The molecule has 1 N–H and O–H groups in total. The number of imidazole rings is 1. The molecule has 12 heteroatoms. The average Bonchev–Trinajstić information content (AvgIpc) is 3.59. The zero-order valence-electron chi connectivity index (χ0n) is 17.9. The number of sulfonamides is 1. The Morgan fingerprint density at radius 2 is 1.91 bits per heavy atom. The van der Waals surface area contributed by atoms with Crippen LogP contribution in [0.5, 0.6) is 0 Å². The minimum Gasteiger partial charge on any atom is -0.289 e. The highest BCUT2D eigenvalue weighted by Crippen LogP contribution is 2.30. The standard InChI is InChI=1S/C22H20N6O4S2/c29-28(30)19-14-17(34(31,32)26-10-4-5-11-26)8-9-18(19)25-23-15-20-21(16-6-2-1-3-7-16)24-22-27(20)12-13-33-22/h1-3,6-9,12-15,25H,4-5,10-11H2/b23-15-. The molecule has 174 valence electrons. The molecular formula is C22H20N6O4S2. The molecule has 0 radical (unpaired) electrons. The Bertz CT molecular complexity index is 1490. The number of benzene rings is 2. The summed E-state index contributed by atoms with van der Waals surface area (Å²) in [5.41, 5.74) is 4.79. The van der Waals surface area contributed by atoms with E-state index < -0.39 is 14.9 Å². The van der Waals surface area contributed by atoms with E-state index in [-0.39, 0.29) is 16.3 Å². The van der Waals surface area contributed by atoms with E-state index in [1.165, 1.54) is 27.8 Å². The van der Waals surface area contributed by atoms with Gasteiger partial charge in [-0.15, -0.1) is 11.3 Å². The average molecular weight is 497 g/mol. The summed E-state index contributed by atoms with van der Waals surface area (Å²) in [6, 6.07) is 13.5. The fourth-order valence-corrected chi connectivity index (χ4v) is 6.15. The third-order valence-corrected chi connectivity index (χ3v) is 8.24. The van der Waals surface area contributed by atoms with Gasteiger partial charge in [0.15, 0.2) is 4.96 Å². The van der Waals surface area contributed by atoms with E-state index in [0.29, 0.717) is 18.8 Å². The number of fused-ring (bicyclic) bond motifs is 1. The number of hydrazone groups is 1. The van der Waals surface area contributed by atoms with Gasteiger partial charge in [-0.25, -0.2) is 13.4 Å². The van der Waals surface area contributed by atoms with Crippen molar-refractivity contribution in [2.75, 3.05) is 18.5 Å². The molecule has 34 heavy (non-hydrogen) atoms. The van der Waals surface area contributed by atoms with Crippen LogP contribution in [0.3, 0.4) is 0 Å². The number of aromatic nitrogens is 2. The number of hydrogen-bond acceptors (Lipinski definition) is 8. The van der Waals surface area contributed by atoms with Gasteiger partial charge in [-0.1, -0.05) is 30.3 Å². The predicted octanol–water partition coefficient (Wildman–Crippen LogP) is 4.20. The number of nitro groups is 1. The van der Waals surface area contributed by atoms with Gasteiger partial charge in [0.1, 0.15) is 5.69 Å². The first-order valence-corrected chi connectivity index (χ1v) is 12.9. The van der Waals surface area contributed by atoms with E-state index in [0.717, 1.165) is 35.1 Å². The monoisotopic (exact) mass is 496 g/mol. The summed E-state index contributed by atoms with van der Waals surface area (Å²) in [6.45, 7) is 0.846. The van der Waals surface area contributed by atoms with E-state index in [2.05, 4.69) is 15.5 Å². The van der Waals surface area contributed by atoms with Crippen molar-refractivity contribution >= 4 is 43.9 Å². The van der Waals surface area contributed by atoms with E-state index in [1.807, 2.05) is 46.3 Å². The van der Waals surface area contributed by atoms with Crippen molar-refractivity contribution in [1.82, 2.24) is 13.7 Å². The van der Waals surface area contributed by atoms with Crippen LogP contribution in [0, 0.1) is 10.1 Å². The van der Waals surface area contributed by atoms with Crippen LogP contribution in [-0.4, -0.2) is 46.3 Å². The van der Waals surface area contributed by atoms with Crippen LogP contribution in [0.25, 0.3) is 16.2 Å². The number of nitrogens with one attached hydrogen (secondary N) is 1. The summed E-state index contributed by atoms with van der Waals surface area (Å²) in [5.74, 6) is 0. The molecule has 0 spiro atoms. The summed E-state index contributed by atoms with van der Waals surface area (Å²) in [5, 5.41) is 17.8. The summed E-state index contributed by atoms with van der Waals surface area (Å²) < 4.78 is 28.9. The highest BCUT2D eigenvalue weighted by Gasteiger charge is 2.29. The van der Waals surface area contributed by atoms with E-state index in [1.54, 1.807) is 6.21 Å². The lowest BCUT2D eigenvalue weighted by Gasteiger charge is -2.15. The van der Waals surface area contributed by atoms with E-state index >= 15 is 0 Å². The number of nitro benzene ring substituents is 1. The Hall–Kier alpha value is -3.61. The second-order valence-electron chi connectivity index (χ2n) is 7.68. The van der Waals surface area contributed by atoms with Crippen molar-refractivity contribution in [3.05, 3.63) is 75.9 Å². The van der Waals surface area contributed by atoms with Crippen molar-refractivity contribution in [3.8, 4) is 11.3 Å². The van der Waals surface area contributed by atoms with Gasteiger partial charge in [-0.2, -0.15) is 9.41 Å². The van der Waals surface area contributed by atoms with Crippen LogP contribution < -0.4 is 5.43 Å². The summed E-state index contributed by atoms with van der Waals surface area (Å²) in [4.78, 5) is 16.4. The van der Waals surface area contributed by atoms with Crippen molar-refractivity contribution < 1.29 is 13.3 Å². The quantitative estimate of drug-likeness (QED) is 0.232. The van der Waals surface area contributed by atoms with Crippen molar-refractivity contribution in [2.45, 2.75) is 17.7 Å². The lowest BCUT2D eigenvalue weighted by Crippen LogP contribution is -2.27. The van der Waals surface area contributed by atoms with Gasteiger partial charge in [0.2, 0.25) is 10.0 Å². The number of anilines is 1. The highest BCUT2D eigenvalue weighted by atomic mass is 32.2. The van der Waals surface area contributed by atoms with E-state index in [9.17, 15) is 18.5 Å². The zero-order chi connectivity index (χ0) is 23.7. The lowest BCUT2D eigenvalue weighted by molar-refractivity contribution is -0.384. The molecule has 0 unspecified atom stereocenters. The maximum absolute atomic E-state index is 12.8. The molecule has 5 rings (SSSR count). The maximum Gasteiger partial charge on any atom is 0.295 e. The number of thiazole rings is 1. The van der Waals surface area contributed by atoms with E-state index in [4.69, 9.17) is 0 Å². The zero-order valence-corrected chi connectivity index (χ0v) is 19.5. The Labute approximate surface area is 199 Å². The van der Waals surface area contributed by atoms with Crippen LogP contribution in [0.4, 0.5) is 11.4 Å². The molecule has 10 nitrogen and oxygen atoms in total. The molecule has 2 aromatic carbocycles. The number of nitrogens with zero attached hydrogens (tertiary/aromatic N) is 5. The Morgan fingerprint density at radius 3 is 2.65 bits per heavy atom. The molecule has 1 aliphatic heterocycles. The first-order valence-electron chi connectivity index (χ1n) is 10.5. The molecule has 1 aliphatic rings. The molecule has 0 aliphatic carbocycles. The minimum absolute atomic E-state index is 0.0916. The third kappa shape index (κ3) is 4.06. The van der Waals surface area contributed by atoms with Crippen LogP contribution in [0.1, 0.15) is 18.5 Å². The van der Waals surface area contributed by atoms with Gasteiger partial charge in [-0.05, 0) is 25.0 Å². The van der Waals surface area contributed by atoms with Crippen LogP contribution in [-0.2, 0) is 10.0 Å². The van der Waals surface area contributed by atoms with Crippen molar-refractivity contribution in [2.24, 2.45) is 5.10 Å². The van der Waals surface area contributed by atoms with Crippen LogP contribution in [0.2, 0.25) is 0 Å². The molecule has 2 aromatic heterocycles. The van der Waals surface area contributed by atoms with Gasteiger partial charge in [0.05, 0.1) is 27.4 Å². The molecule has 0 amide bonds. The molecule has 0 atom stereocenters. The van der Waals surface area contributed by atoms with Gasteiger partial charge < -0.3 is 0 Å². The van der Waals surface area contributed by atoms with Gasteiger partial charge in [-0.3, -0.25) is 19.9 Å². The summed E-state index contributed by atoms with van der Waals surface area (Å²) >= 11 is 1.49. The Morgan fingerprint density at radius 1 is 1.15 bits per heavy atom. The molecule has 0 saturated carbocycles. The molecule has 1 fully saturated rings. The molecular weight excluding hydrogens is 476 g/mol. The van der Waals surface area contributed by atoms with Gasteiger partial charge >= 0.3 is 0 Å². The second-order valence-corrected chi connectivity index (χ2v) is 10.5. The largest absolute Gasteiger partial charge is 0.295 e. The maximum atomic E-state index is 12.8. The van der Waals surface area contributed by atoms with Gasteiger partial charge in [0.25, 0.3) is 5.69 Å². The normalized spacial score (nSPS) is 14.8. The Balaban J connectivity index is 1.46. The third-order valence-electron chi connectivity index (χ3n) is 5.59. The topological polar surface area (TPSA) is 122 Å². The molecule has 3 heterocycles. The first-order chi connectivity index (χ1) is 16.4. The lowest BCUT2D eigenvalue weighted by atomic mass is 10.1.